The fraction of sp³-hybridized carbons (Fsp3) is 0.194. The lowest BCUT2D eigenvalue weighted by Crippen LogP contribution is -2.21. The predicted octanol–water partition coefficient (Wildman–Crippen LogP) is 7.79. The van der Waals surface area contributed by atoms with Crippen molar-refractivity contribution in [3.63, 3.8) is 0 Å². The average Bonchev–Trinajstić information content (AvgIpc) is 3.39. The van der Waals surface area contributed by atoms with Gasteiger partial charge in [-0.25, -0.2) is 9.98 Å². The number of hydrogen-bond donors (Lipinski definition) is 1. The molecule has 6 nitrogen and oxygen atoms in total. The van der Waals surface area contributed by atoms with E-state index in [4.69, 9.17) is 14.1 Å². The quantitative estimate of drug-likeness (QED) is 0.246. The first-order valence-corrected chi connectivity index (χ1v) is 13.3. The van der Waals surface area contributed by atoms with Crippen LogP contribution in [0.5, 0.6) is 5.75 Å². The number of aromatic nitrogens is 1. The molecule has 0 fully saturated rings. The summed E-state index contributed by atoms with van der Waals surface area (Å²) < 4.78 is 11.5. The molecule has 5 aromatic rings. The van der Waals surface area contributed by atoms with E-state index in [1.54, 1.807) is 13.2 Å². The van der Waals surface area contributed by atoms with Gasteiger partial charge in [0.25, 0.3) is 5.91 Å². The smallest absolute Gasteiger partial charge is 0.262 e. The maximum Gasteiger partial charge on any atom is 0.262 e. The highest BCUT2D eigenvalue weighted by Gasteiger charge is 2.16. The number of benzene rings is 3. The van der Waals surface area contributed by atoms with E-state index in [0.717, 1.165) is 33.5 Å². The van der Waals surface area contributed by atoms with Gasteiger partial charge in [0.15, 0.2) is 5.13 Å². The molecule has 0 aliphatic rings. The molecule has 1 amide bonds. The van der Waals surface area contributed by atoms with Gasteiger partial charge in [-0.3, -0.25) is 10.1 Å². The molecule has 7 heteroatoms. The van der Waals surface area contributed by atoms with Gasteiger partial charge < -0.3 is 9.15 Å². The highest BCUT2D eigenvalue weighted by atomic mass is 32.1. The molecule has 0 unspecified atom stereocenters. The molecule has 38 heavy (non-hydrogen) atoms. The van der Waals surface area contributed by atoms with E-state index in [1.165, 1.54) is 16.9 Å². The minimum Gasteiger partial charge on any atom is -0.497 e. The number of fused-ring (bicyclic) bond motifs is 1. The first-order chi connectivity index (χ1) is 18.3. The van der Waals surface area contributed by atoms with E-state index in [2.05, 4.69) is 48.4 Å². The minimum atomic E-state index is -0.349. The Balaban J connectivity index is 1.53. The molecule has 2 heterocycles. The van der Waals surface area contributed by atoms with Crippen molar-refractivity contribution in [2.45, 2.75) is 33.6 Å². The van der Waals surface area contributed by atoms with Gasteiger partial charge in [0.1, 0.15) is 16.9 Å². The fourth-order valence-electron chi connectivity index (χ4n) is 4.11. The van der Waals surface area contributed by atoms with Crippen LogP contribution in [0.2, 0.25) is 0 Å². The van der Waals surface area contributed by atoms with Crippen LogP contribution in [-0.2, 0) is 0 Å². The molecular weight excluding hydrogens is 494 g/mol. The maximum absolute atomic E-state index is 13.5. The van der Waals surface area contributed by atoms with Gasteiger partial charge in [0.2, 0.25) is 5.55 Å². The summed E-state index contributed by atoms with van der Waals surface area (Å²) in [5, 5.41) is 6.12. The Kier molecular flexibility index (Phi) is 7.11. The summed E-state index contributed by atoms with van der Waals surface area (Å²) in [5.41, 5.74) is 7.12. The average molecular weight is 524 g/mol. The first-order valence-electron chi connectivity index (χ1n) is 12.4. The van der Waals surface area contributed by atoms with Gasteiger partial charge in [0, 0.05) is 16.3 Å². The lowest BCUT2D eigenvalue weighted by Gasteiger charge is -2.08. The van der Waals surface area contributed by atoms with Gasteiger partial charge in [-0.1, -0.05) is 50.2 Å². The second kappa shape index (κ2) is 10.6. The molecule has 2 aromatic heterocycles. The van der Waals surface area contributed by atoms with Crippen molar-refractivity contribution in [3.8, 4) is 17.0 Å². The lowest BCUT2D eigenvalue weighted by atomic mass is 10.0. The molecule has 192 valence electrons. The first kappa shape index (κ1) is 25.4. The van der Waals surface area contributed by atoms with E-state index in [-0.39, 0.29) is 11.5 Å². The number of anilines is 1. The van der Waals surface area contributed by atoms with Crippen molar-refractivity contribution < 1.29 is 13.9 Å². The Morgan fingerprint density at radius 1 is 1.05 bits per heavy atom. The molecule has 3 aromatic carbocycles. The summed E-state index contributed by atoms with van der Waals surface area (Å²) in [6.45, 7) is 8.37. The number of thiazole rings is 1. The Morgan fingerprint density at radius 3 is 2.58 bits per heavy atom. The third-order valence-corrected chi connectivity index (χ3v) is 7.35. The van der Waals surface area contributed by atoms with Gasteiger partial charge >= 0.3 is 0 Å². The van der Waals surface area contributed by atoms with Crippen LogP contribution in [0.15, 0.2) is 81.5 Å². The van der Waals surface area contributed by atoms with Gasteiger partial charge in [-0.05, 0) is 66.8 Å². The predicted molar refractivity (Wildman–Crippen MR) is 153 cm³/mol. The third kappa shape index (κ3) is 5.24. The number of carbonyl (C=O) groups is 1. The second-order valence-corrected chi connectivity index (χ2v) is 10.3. The Morgan fingerprint density at radius 2 is 1.84 bits per heavy atom. The number of carbonyl (C=O) groups excluding carboxylic acids is 1. The normalized spacial score (nSPS) is 11.8. The van der Waals surface area contributed by atoms with Crippen LogP contribution >= 0.6 is 11.3 Å². The standard InChI is InChI=1S/C31H29N3O3S/c1-18(2)21-9-11-22(12-10-21)27-17-38-31(33-27)34-29(35)25-16-23-15-24(36-5)13-14-28(23)37-30(25)32-26-8-6-7-19(3)20(26)4/h6-18H,1-5H3,(H,33,34,35). The summed E-state index contributed by atoms with van der Waals surface area (Å²) in [6, 6.07) is 21.5. The van der Waals surface area contributed by atoms with Crippen LogP contribution < -0.4 is 15.6 Å². The molecular formula is C31H29N3O3S. The van der Waals surface area contributed by atoms with Crippen LogP contribution in [0.1, 0.15) is 46.8 Å². The van der Waals surface area contributed by atoms with E-state index < -0.39 is 0 Å². The number of hydrogen-bond acceptors (Lipinski definition) is 6. The van der Waals surface area contributed by atoms with Crippen molar-refractivity contribution in [2.75, 3.05) is 12.4 Å². The topological polar surface area (TPSA) is 76.7 Å². The van der Waals surface area contributed by atoms with E-state index in [1.807, 2.05) is 55.6 Å². The Hall–Kier alpha value is -4.23. The van der Waals surface area contributed by atoms with E-state index in [0.29, 0.717) is 27.9 Å². The zero-order valence-electron chi connectivity index (χ0n) is 22.0. The monoisotopic (exact) mass is 523 g/mol. The van der Waals surface area contributed by atoms with Gasteiger partial charge in [0.05, 0.1) is 18.5 Å². The zero-order chi connectivity index (χ0) is 26.8. The number of ether oxygens (including phenoxy) is 1. The molecule has 0 atom stereocenters. The zero-order valence-corrected chi connectivity index (χ0v) is 22.8. The SMILES string of the molecule is COc1ccc2oc(=Nc3cccc(C)c3C)c(C(=O)Nc3nc(-c4ccc(C(C)C)cc4)cs3)cc2c1. The van der Waals surface area contributed by atoms with Crippen LogP contribution in [0.4, 0.5) is 10.8 Å². The van der Waals surface area contributed by atoms with Crippen LogP contribution in [0.3, 0.4) is 0 Å². The molecule has 0 bridgehead atoms. The molecule has 0 saturated heterocycles. The van der Waals surface area contributed by atoms with Crippen molar-refractivity contribution in [1.29, 1.82) is 0 Å². The maximum atomic E-state index is 13.5. The van der Waals surface area contributed by atoms with Gasteiger partial charge in [-0.2, -0.15) is 0 Å². The highest BCUT2D eigenvalue weighted by molar-refractivity contribution is 7.14. The van der Waals surface area contributed by atoms with Crippen molar-refractivity contribution >= 4 is 39.0 Å². The molecule has 1 N–H and O–H groups in total. The van der Waals surface area contributed by atoms with Crippen molar-refractivity contribution in [1.82, 2.24) is 4.98 Å². The van der Waals surface area contributed by atoms with Crippen LogP contribution in [-0.4, -0.2) is 18.0 Å². The number of methoxy groups -OCH3 is 1. The second-order valence-electron chi connectivity index (χ2n) is 9.47. The number of aryl methyl sites for hydroxylation is 1. The summed E-state index contributed by atoms with van der Waals surface area (Å²) in [7, 11) is 1.60. The Labute approximate surface area is 225 Å². The molecule has 0 radical (unpaired) electrons. The minimum absolute atomic E-state index is 0.231. The number of amides is 1. The van der Waals surface area contributed by atoms with E-state index >= 15 is 0 Å². The molecule has 0 spiro atoms. The molecule has 0 aliphatic carbocycles. The summed E-state index contributed by atoms with van der Waals surface area (Å²) >= 11 is 1.38. The van der Waals surface area contributed by atoms with Gasteiger partial charge in [-0.15, -0.1) is 11.3 Å². The van der Waals surface area contributed by atoms with Crippen molar-refractivity contribution in [3.05, 3.63) is 99.9 Å². The van der Waals surface area contributed by atoms with Crippen molar-refractivity contribution in [2.24, 2.45) is 4.99 Å². The lowest BCUT2D eigenvalue weighted by molar-refractivity contribution is 0.102. The molecule has 5 rings (SSSR count). The Bertz CT molecular complexity index is 1700. The number of rotatable bonds is 6. The number of nitrogens with zero attached hydrogens (tertiary/aromatic N) is 2. The third-order valence-electron chi connectivity index (χ3n) is 6.59. The molecule has 0 aliphatic heterocycles. The highest BCUT2D eigenvalue weighted by Crippen LogP contribution is 2.28. The number of nitrogens with one attached hydrogen (secondary N) is 1. The summed E-state index contributed by atoms with van der Waals surface area (Å²) in [6.07, 6.45) is 0. The summed E-state index contributed by atoms with van der Waals surface area (Å²) in [5.74, 6) is 0.787. The van der Waals surface area contributed by atoms with Crippen LogP contribution in [0, 0.1) is 13.8 Å². The largest absolute Gasteiger partial charge is 0.497 e. The van der Waals surface area contributed by atoms with Crippen LogP contribution in [0.25, 0.3) is 22.2 Å². The summed E-state index contributed by atoms with van der Waals surface area (Å²) in [4.78, 5) is 23.0. The fourth-order valence-corrected chi connectivity index (χ4v) is 4.83. The van der Waals surface area contributed by atoms with E-state index in [9.17, 15) is 4.79 Å². The molecule has 0 saturated carbocycles.